The molecule has 0 unspecified atom stereocenters. The zero-order valence-corrected chi connectivity index (χ0v) is 14.0. The zero-order valence-electron chi connectivity index (χ0n) is 14.0. The summed E-state index contributed by atoms with van der Waals surface area (Å²) in [7, 11) is 0. The molecule has 0 radical (unpaired) electrons. The molecule has 0 spiro atoms. The van der Waals surface area contributed by atoms with Gasteiger partial charge >= 0.3 is 0 Å². The van der Waals surface area contributed by atoms with Crippen molar-refractivity contribution < 1.29 is 4.42 Å². The van der Waals surface area contributed by atoms with E-state index in [1.54, 1.807) is 0 Å². The lowest BCUT2D eigenvalue weighted by Gasteiger charge is -2.09. The predicted molar refractivity (Wildman–Crippen MR) is 88.8 cm³/mol. The van der Waals surface area contributed by atoms with E-state index in [1.807, 2.05) is 0 Å². The maximum atomic E-state index is 6.31. The normalized spacial score (nSPS) is 15.3. The Labute approximate surface area is 127 Å². The average molecular weight is 285 g/mol. The lowest BCUT2D eigenvalue weighted by Crippen LogP contribution is -2.16. The van der Waals surface area contributed by atoms with Crippen LogP contribution in [0.5, 0.6) is 0 Å². The van der Waals surface area contributed by atoms with Crippen LogP contribution >= 0.6 is 0 Å². The van der Waals surface area contributed by atoms with E-state index >= 15 is 0 Å². The summed E-state index contributed by atoms with van der Waals surface area (Å²) in [6.45, 7) is 12.0. The van der Waals surface area contributed by atoms with E-state index in [0.29, 0.717) is 12.0 Å². The van der Waals surface area contributed by atoms with Gasteiger partial charge in [-0.2, -0.15) is 0 Å². The molecule has 1 aromatic heterocycles. The van der Waals surface area contributed by atoms with Gasteiger partial charge in [-0.3, -0.25) is 0 Å². The minimum atomic E-state index is 0.645. The van der Waals surface area contributed by atoms with Crippen LogP contribution in [-0.4, -0.2) is 6.04 Å². The fraction of sp³-hybridized carbons (Fsp3) is 0.579. The molecule has 2 heteroatoms. The summed E-state index contributed by atoms with van der Waals surface area (Å²) in [4.78, 5) is 0. The topological polar surface area (TPSA) is 25.2 Å². The third-order valence-corrected chi connectivity index (χ3v) is 4.59. The van der Waals surface area contributed by atoms with Crippen molar-refractivity contribution in [1.29, 1.82) is 0 Å². The van der Waals surface area contributed by atoms with Crippen molar-refractivity contribution in [1.82, 2.24) is 5.32 Å². The van der Waals surface area contributed by atoms with Gasteiger partial charge in [0.05, 0.1) is 6.54 Å². The number of benzene rings is 1. The Morgan fingerprint density at radius 2 is 1.90 bits per heavy atom. The highest BCUT2D eigenvalue weighted by atomic mass is 16.3. The first-order valence-corrected chi connectivity index (χ1v) is 8.21. The molecule has 1 aliphatic carbocycles. The van der Waals surface area contributed by atoms with Crippen molar-refractivity contribution in [3.05, 3.63) is 34.1 Å². The van der Waals surface area contributed by atoms with Gasteiger partial charge in [-0.15, -0.1) is 0 Å². The van der Waals surface area contributed by atoms with Crippen LogP contribution in [0.25, 0.3) is 11.0 Å². The molecule has 0 amide bonds. The van der Waals surface area contributed by atoms with Crippen LogP contribution in [0.15, 0.2) is 10.5 Å². The molecule has 0 saturated heterocycles. The molecule has 1 aromatic carbocycles. The van der Waals surface area contributed by atoms with Gasteiger partial charge in [0.2, 0.25) is 0 Å². The minimum absolute atomic E-state index is 0.645. The van der Waals surface area contributed by atoms with E-state index in [2.05, 4.69) is 46.0 Å². The van der Waals surface area contributed by atoms with Gasteiger partial charge < -0.3 is 9.73 Å². The van der Waals surface area contributed by atoms with Crippen molar-refractivity contribution in [2.45, 2.75) is 66.5 Å². The molecule has 21 heavy (non-hydrogen) atoms. The van der Waals surface area contributed by atoms with Gasteiger partial charge in [0.25, 0.3) is 0 Å². The number of fused-ring (bicyclic) bond motifs is 1. The van der Waals surface area contributed by atoms with E-state index in [-0.39, 0.29) is 0 Å². The molecule has 1 fully saturated rings. The number of hydrogen-bond acceptors (Lipinski definition) is 2. The molecule has 3 rings (SSSR count). The van der Waals surface area contributed by atoms with Gasteiger partial charge in [0.15, 0.2) is 0 Å². The van der Waals surface area contributed by atoms with E-state index < -0.39 is 0 Å². The minimum Gasteiger partial charge on any atom is -0.459 e. The summed E-state index contributed by atoms with van der Waals surface area (Å²) >= 11 is 0. The molecule has 1 heterocycles. The van der Waals surface area contributed by atoms with Crippen molar-refractivity contribution >= 4 is 11.0 Å². The van der Waals surface area contributed by atoms with Crippen molar-refractivity contribution in [3.63, 3.8) is 0 Å². The highest BCUT2D eigenvalue weighted by molar-refractivity contribution is 5.89. The molecule has 1 aliphatic rings. The lowest BCUT2D eigenvalue weighted by molar-refractivity contribution is 0.498. The Morgan fingerprint density at radius 1 is 1.19 bits per heavy atom. The third-order valence-electron chi connectivity index (χ3n) is 4.59. The van der Waals surface area contributed by atoms with Crippen LogP contribution in [0.2, 0.25) is 0 Å². The van der Waals surface area contributed by atoms with E-state index in [0.717, 1.165) is 24.3 Å². The summed E-state index contributed by atoms with van der Waals surface area (Å²) in [5.41, 5.74) is 6.50. The number of rotatable bonds is 5. The standard InChI is InChI=1S/C19H27NO/c1-11(2)8-16-17(10-20-15-6-7-15)21-19-14(5)12(3)9-13(4)18(16)19/h9,11,15,20H,6-8,10H2,1-5H3. The summed E-state index contributed by atoms with van der Waals surface area (Å²) in [6, 6.07) is 3.02. The van der Waals surface area contributed by atoms with E-state index in [4.69, 9.17) is 4.42 Å². The second-order valence-electron chi connectivity index (χ2n) is 7.10. The Balaban J connectivity index is 2.10. The Morgan fingerprint density at radius 3 is 2.52 bits per heavy atom. The lowest BCUT2D eigenvalue weighted by atomic mass is 9.94. The largest absolute Gasteiger partial charge is 0.459 e. The summed E-state index contributed by atoms with van der Waals surface area (Å²) in [5, 5.41) is 4.97. The molecule has 2 nitrogen and oxygen atoms in total. The summed E-state index contributed by atoms with van der Waals surface area (Å²) in [6.07, 6.45) is 3.73. The van der Waals surface area contributed by atoms with Crippen LogP contribution in [0, 0.1) is 26.7 Å². The van der Waals surface area contributed by atoms with E-state index in [9.17, 15) is 0 Å². The quantitative estimate of drug-likeness (QED) is 0.853. The van der Waals surface area contributed by atoms with Gasteiger partial charge in [-0.25, -0.2) is 0 Å². The SMILES string of the molecule is Cc1cc(C)c2c(CC(C)C)c(CNC3CC3)oc2c1C. The molecule has 1 N–H and O–H groups in total. The van der Waals surface area contributed by atoms with Crippen molar-refractivity contribution in [2.24, 2.45) is 5.92 Å². The van der Waals surface area contributed by atoms with Gasteiger partial charge in [-0.1, -0.05) is 19.9 Å². The highest BCUT2D eigenvalue weighted by Crippen LogP contribution is 2.34. The van der Waals surface area contributed by atoms with Crippen LogP contribution in [0.4, 0.5) is 0 Å². The molecular weight excluding hydrogens is 258 g/mol. The second-order valence-corrected chi connectivity index (χ2v) is 7.10. The fourth-order valence-electron chi connectivity index (χ4n) is 3.17. The first-order chi connectivity index (χ1) is 9.97. The van der Waals surface area contributed by atoms with E-state index in [1.165, 1.54) is 40.5 Å². The Hall–Kier alpha value is -1.28. The van der Waals surface area contributed by atoms with Crippen LogP contribution < -0.4 is 5.32 Å². The molecule has 0 aliphatic heterocycles. The number of nitrogens with one attached hydrogen (secondary N) is 1. The predicted octanol–water partition coefficient (Wildman–Crippen LogP) is 4.81. The second kappa shape index (κ2) is 5.49. The zero-order chi connectivity index (χ0) is 15.1. The third kappa shape index (κ3) is 2.87. The smallest absolute Gasteiger partial charge is 0.138 e. The highest BCUT2D eigenvalue weighted by Gasteiger charge is 2.23. The molecular formula is C19H27NO. The molecule has 114 valence electrons. The monoisotopic (exact) mass is 285 g/mol. The molecule has 0 atom stereocenters. The molecule has 2 aromatic rings. The van der Waals surface area contributed by atoms with Gasteiger partial charge in [0.1, 0.15) is 11.3 Å². The summed E-state index contributed by atoms with van der Waals surface area (Å²) < 4.78 is 6.31. The van der Waals surface area contributed by atoms with Crippen LogP contribution in [0.3, 0.4) is 0 Å². The Kier molecular flexibility index (Phi) is 3.83. The maximum absolute atomic E-state index is 6.31. The van der Waals surface area contributed by atoms with Crippen LogP contribution in [-0.2, 0) is 13.0 Å². The van der Waals surface area contributed by atoms with Gasteiger partial charge in [0, 0.05) is 17.0 Å². The van der Waals surface area contributed by atoms with Crippen molar-refractivity contribution in [2.75, 3.05) is 0 Å². The Bertz CT molecular complexity index is 662. The number of furan rings is 1. The van der Waals surface area contributed by atoms with Crippen LogP contribution in [0.1, 0.15) is 54.7 Å². The molecule has 1 saturated carbocycles. The number of aryl methyl sites for hydroxylation is 3. The molecule has 0 bridgehead atoms. The maximum Gasteiger partial charge on any atom is 0.138 e. The fourth-order valence-corrected chi connectivity index (χ4v) is 3.17. The van der Waals surface area contributed by atoms with Gasteiger partial charge in [-0.05, 0) is 62.6 Å². The van der Waals surface area contributed by atoms with Crippen molar-refractivity contribution in [3.8, 4) is 0 Å². The number of hydrogen-bond donors (Lipinski definition) is 1. The average Bonchev–Trinajstić information content (AvgIpc) is 3.16. The summed E-state index contributed by atoms with van der Waals surface area (Å²) in [5.74, 6) is 1.80. The first-order valence-electron chi connectivity index (χ1n) is 8.21. The first kappa shape index (κ1) is 14.6.